The molecule has 0 fully saturated rings. The van der Waals surface area contributed by atoms with Crippen LogP contribution in [-0.4, -0.2) is 33.8 Å². The number of hydrogen-bond donors (Lipinski definition) is 1. The van der Waals surface area contributed by atoms with Crippen LogP contribution in [0.25, 0.3) is 0 Å². The van der Waals surface area contributed by atoms with E-state index in [1.807, 2.05) is 0 Å². The fourth-order valence-corrected chi connectivity index (χ4v) is 2.18. The van der Waals surface area contributed by atoms with Crippen LogP contribution < -0.4 is 10.1 Å². The van der Waals surface area contributed by atoms with Gasteiger partial charge in [-0.05, 0) is 35.5 Å². The van der Waals surface area contributed by atoms with E-state index in [1.54, 1.807) is 13.1 Å². The zero-order valence-electron chi connectivity index (χ0n) is 11.3. The molecule has 1 aromatic carbocycles. The van der Waals surface area contributed by atoms with E-state index in [0.717, 1.165) is 5.56 Å². The molecule has 0 saturated heterocycles. The number of ether oxygens (including phenoxy) is 2. The van der Waals surface area contributed by atoms with Crippen molar-refractivity contribution in [1.82, 2.24) is 5.32 Å². The van der Waals surface area contributed by atoms with Crippen molar-refractivity contribution in [2.75, 3.05) is 27.4 Å². The molecular weight excluding hydrogens is 339 g/mol. The maximum Gasteiger partial charge on any atom is 0.261 e. The molecule has 1 rings (SSSR count). The first kappa shape index (κ1) is 17.3. The number of hydrogen-bond acceptors (Lipinski definition) is 3. The molecule has 3 nitrogen and oxygen atoms in total. The molecule has 0 spiro atoms. The summed E-state index contributed by atoms with van der Waals surface area (Å²) >= 11 is 3.12. The minimum atomic E-state index is -2.47. The third kappa shape index (κ3) is 4.96. The van der Waals surface area contributed by atoms with Crippen molar-refractivity contribution in [1.29, 1.82) is 0 Å². The Labute approximate surface area is 124 Å². The van der Waals surface area contributed by atoms with Crippen LogP contribution in [0.15, 0.2) is 16.6 Å². The predicted molar refractivity (Wildman–Crippen MR) is 73.9 cm³/mol. The summed E-state index contributed by atoms with van der Waals surface area (Å²) in [5.41, 5.74) is 0.740. The summed E-state index contributed by atoms with van der Waals surface area (Å²) in [7, 11) is 3.18. The van der Waals surface area contributed by atoms with E-state index < -0.39 is 18.8 Å². The van der Waals surface area contributed by atoms with Crippen molar-refractivity contribution in [3.63, 3.8) is 0 Å². The lowest BCUT2D eigenvalue weighted by Crippen LogP contribution is -2.20. The average Bonchev–Trinajstić information content (AvgIpc) is 2.41. The third-order valence-corrected chi connectivity index (χ3v) is 3.40. The molecule has 0 aliphatic heterocycles. The lowest BCUT2D eigenvalue weighted by Gasteiger charge is -2.20. The topological polar surface area (TPSA) is 30.5 Å². The summed E-state index contributed by atoms with van der Waals surface area (Å²) in [4.78, 5) is 0. The summed E-state index contributed by atoms with van der Waals surface area (Å²) in [6.07, 6.45) is -2.00. The Kier molecular flexibility index (Phi) is 7.32. The minimum Gasteiger partial charge on any atom is -0.496 e. The lowest BCUT2D eigenvalue weighted by molar-refractivity contribution is 0.0145. The molecule has 7 heteroatoms. The summed E-state index contributed by atoms with van der Waals surface area (Å²) in [6.45, 7) is -0.408. The minimum absolute atomic E-state index is 0.175. The van der Waals surface area contributed by atoms with Crippen LogP contribution in [0.3, 0.4) is 0 Å². The first-order chi connectivity index (χ1) is 9.49. The second-order valence-electron chi connectivity index (χ2n) is 4.10. The number of methoxy groups -OCH3 is 1. The van der Waals surface area contributed by atoms with Crippen molar-refractivity contribution in [3.8, 4) is 5.75 Å². The van der Waals surface area contributed by atoms with Gasteiger partial charge in [0.15, 0.2) is 0 Å². The third-order valence-electron chi connectivity index (χ3n) is 2.79. The molecule has 114 valence electrons. The summed E-state index contributed by atoms with van der Waals surface area (Å²) in [5.74, 6) is -0.0201. The van der Waals surface area contributed by atoms with Crippen molar-refractivity contribution in [3.05, 3.63) is 28.0 Å². The number of rotatable bonds is 8. The van der Waals surface area contributed by atoms with Crippen LogP contribution in [0.4, 0.5) is 13.2 Å². The Morgan fingerprint density at radius 2 is 2.05 bits per heavy atom. The predicted octanol–water partition coefficient (Wildman–Crippen LogP) is 3.53. The van der Waals surface area contributed by atoms with E-state index in [4.69, 9.17) is 9.47 Å². The Morgan fingerprint density at radius 1 is 1.35 bits per heavy atom. The average molecular weight is 356 g/mol. The molecule has 0 heterocycles. The standard InChI is InChI=1S/C13H17BrF3NO2/c1-18-11(3-4-20-7-13(16)17)8-5-9(14)10(15)6-12(8)19-2/h5-6,11,13,18H,3-4,7H2,1-2H3. The molecule has 0 bridgehead atoms. The van der Waals surface area contributed by atoms with E-state index in [0.29, 0.717) is 16.6 Å². The van der Waals surface area contributed by atoms with Crippen molar-refractivity contribution in [2.24, 2.45) is 0 Å². The van der Waals surface area contributed by atoms with Gasteiger partial charge in [0.25, 0.3) is 6.43 Å². The molecule has 1 aromatic rings. The van der Waals surface area contributed by atoms with Crippen LogP contribution in [0, 0.1) is 5.82 Å². The fraction of sp³-hybridized carbons (Fsp3) is 0.538. The van der Waals surface area contributed by atoms with Crippen molar-refractivity contribution >= 4 is 15.9 Å². The van der Waals surface area contributed by atoms with Crippen molar-refractivity contribution in [2.45, 2.75) is 18.9 Å². The lowest BCUT2D eigenvalue weighted by atomic mass is 10.0. The van der Waals surface area contributed by atoms with Gasteiger partial charge < -0.3 is 14.8 Å². The van der Waals surface area contributed by atoms with E-state index in [2.05, 4.69) is 21.2 Å². The first-order valence-corrected chi connectivity index (χ1v) is 6.85. The molecular formula is C13H17BrF3NO2. The number of nitrogens with one attached hydrogen (secondary N) is 1. The van der Waals surface area contributed by atoms with Gasteiger partial charge >= 0.3 is 0 Å². The highest BCUT2D eigenvalue weighted by atomic mass is 79.9. The number of alkyl halides is 2. The second kappa shape index (κ2) is 8.49. The Balaban J connectivity index is 2.76. The van der Waals surface area contributed by atoms with E-state index in [-0.39, 0.29) is 12.6 Å². The smallest absolute Gasteiger partial charge is 0.261 e. The van der Waals surface area contributed by atoms with Gasteiger partial charge in [-0.2, -0.15) is 0 Å². The monoisotopic (exact) mass is 355 g/mol. The van der Waals surface area contributed by atoms with Gasteiger partial charge in [-0.3, -0.25) is 0 Å². The summed E-state index contributed by atoms with van der Waals surface area (Å²) in [6, 6.07) is 2.71. The Hall–Kier alpha value is -0.790. The van der Waals surface area contributed by atoms with Gasteiger partial charge in [-0.1, -0.05) is 0 Å². The van der Waals surface area contributed by atoms with E-state index in [9.17, 15) is 13.2 Å². The molecule has 0 radical (unpaired) electrons. The molecule has 0 saturated carbocycles. The normalized spacial score (nSPS) is 12.8. The highest BCUT2D eigenvalue weighted by Crippen LogP contribution is 2.32. The molecule has 0 aliphatic carbocycles. The van der Waals surface area contributed by atoms with Gasteiger partial charge in [0, 0.05) is 24.3 Å². The number of halogens is 4. The molecule has 1 N–H and O–H groups in total. The van der Waals surface area contributed by atoms with Crippen LogP contribution in [0.1, 0.15) is 18.0 Å². The van der Waals surface area contributed by atoms with Crippen LogP contribution in [-0.2, 0) is 4.74 Å². The van der Waals surface area contributed by atoms with Gasteiger partial charge in [0.1, 0.15) is 18.2 Å². The van der Waals surface area contributed by atoms with Crippen LogP contribution in [0.2, 0.25) is 0 Å². The maximum atomic E-state index is 13.5. The summed E-state index contributed by atoms with van der Waals surface area (Å²) in [5, 5.41) is 3.04. The zero-order chi connectivity index (χ0) is 15.1. The largest absolute Gasteiger partial charge is 0.496 e. The zero-order valence-corrected chi connectivity index (χ0v) is 12.8. The van der Waals surface area contributed by atoms with E-state index in [1.165, 1.54) is 13.2 Å². The van der Waals surface area contributed by atoms with Crippen LogP contribution >= 0.6 is 15.9 Å². The SMILES string of the molecule is CNC(CCOCC(F)F)c1cc(Br)c(F)cc1OC. The highest BCUT2D eigenvalue weighted by Gasteiger charge is 2.17. The highest BCUT2D eigenvalue weighted by molar-refractivity contribution is 9.10. The molecule has 0 aliphatic rings. The molecule has 0 amide bonds. The van der Waals surface area contributed by atoms with Gasteiger partial charge in [0.05, 0.1) is 11.6 Å². The second-order valence-corrected chi connectivity index (χ2v) is 4.96. The Bertz CT molecular complexity index is 432. The van der Waals surface area contributed by atoms with Crippen molar-refractivity contribution < 1.29 is 22.6 Å². The maximum absolute atomic E-state index is 13.5. The number of benzene rings is 1. The first-order valence-electron chi connectivity index (χ1n) is 6.05. The quantitative estimate of drug-likeness (QED) is 0.723. The molecule has 1 unspecified atom stereocenters. The van der Waals surface area contributed by atoms with Gasteiger partial charge in [-0.15, -0.1) is 0 Å². The Morgan fingerprint density at radius 3 is 2.60 bits per heavy atom. The van der Waals surface area contributed by atoms with E-state index >= 15 is 0 Å². The van der Waals surface area contributed by atoms with Crippen LogP contribution in [0.5, 0.6) is 5.75 Å². The van der Waals surface area contributed by atoms with Gasteiger partial charge in [0.2, 0.25) is 0 Å². The van der Waals surface area contributed by atoms with Gasteiger partial charge in [-0.25, -0.2) is 13.2 Å². The summed E-state index contributed by atoms with van der Waals surface area (Å²) < 4.78 is 47.7. The fourth-order valence-electron chi connectivity index (χ4n) is 1.82. The molecule has 1 atom stereocenters. The molecule has 20 heavy (non-hydrogen) atoms. The molecule has 0 aromatic heterocycles.